The average molecular weight is 299 g/mol. The molecule has 7 heteroatoms. The van der Waals surface area contributed by atoms with E-state index in [1.165, 1.54) is 7.11 Å². The highest BCUT2D eigenvalue weighted by atomic mass is 35.5. The van der Waals surface area contributed by atoms with Crippen LogP contribution in [0.15, 0.2) is 24.3 Å². The SMILES string of the molecule is COCC1CC1(NC(=O)Nc1ccc(Cl)cc1)C(=O)O. The molecule has 0 spiro atoms. The summed E-state index contributed by atoms with van der Waals surface area (Å²) in [6, 6.07) is 5.97. The first-order valence-corrected chi connectivity index (χ1v) is 6.43. The van der Waals surface area contributed by atoms with E-state index in [0.29, 0.717) is 23.7 Å². The predicted octanol–water partition coefficient (Wildman–Crippen LogP) is 1.95. The molecule has 1 fully saturated rings. The van der Waals surface area contributed by atoms with Crippen LogP contribution in [-0.2, 0) is 9.53 Å². The van der Waals surface area contributed by atoms with E-state index < -0.39 is 17.5 Å². The van der Waals surface area contributed by atoms with Gasteiger partial charge in [0, 0.05) is 23.7 Å². The number of amides is 2. The second-order valence-corrected chi connectivity index (χ2v) is 5.16. The Morgan fingerprint density at radius 2 is 2.10 bits per heavy atom. The fraction of sp³-hybridized carbons (Fsp3) is 0.385. The lowest BCUT2D eigenvalue weighted by molar-refractivity contribution is -0.141. The van der Waals surface area contributed by atoms with E-state index in [-0.39, 0.29) is 5.92 Å². The topological polar surface area (TPSA) is 87.7 Å². The van der Waals surface area contributed by atoms with Crippen molar-refractivity contribution in [3.63, 3.8) is 0 Å². The second kappa shape index (κ2) is 5.68. The van der Waals surface area contributed by atoms with Gasteiger partial charge in [-0.15, -0.1) is 0 Å². The number of carboxylic acid groups (broad SMARTS) is 1. The first-order valence-electron chi connectivity index (χ1n) is 6.05. The van der Waals surface area contributed by atoms with E-state index in [1.807, 2.05) is 0 Å². The standard InChI is InChI=1S/C13H15ClN2O4/c1-20-7-8-6-13(8,11(17)18)16-12(19)15-10-4-2-9(14)3-5-10/h2-5,8H,6-7H2,1H3,(H,17,18)(H2,15,16,19). The molecule has 6 nitrogen and oxygen atoms in total. The van der Waals surface area contributed by atoms with Crippen LogP contribution in [-0.4, -0.2) is 36.4 Å². The molecule has 2 amide bonds. The Kier molecular flexibility index (Phi) is 4.15. The number of ether oxygens (including phenoxy) is 1. The van der Waals surface area contributed by atoms with Crippen LogP contribution in [0.3, 0.4) is 0 Å². The average Bonchev–Trinajstić information content (AvgIpc) is 3.07. The minimum Gasteiger partial charge on any atom is -0.479 e. The molecule has 2 atom stereocenters. The molecule has 0 aromatic heterocycles. The molecule has 1 aromatic rings. The van der Waals surface area contributed by atoms with Crippen LogP contribution < -0.4 is 10.6 Å². The summed E-state index contributed by atoms with van der Waals surface area (Å²) in [5, 5.41) is 14.9. The van der Waals surface area contributed by atoms with Gasteiger partial charge in [-0.25, -0.2) is 9.59 Å². The van der Waals surface area contributed by atoms with Crippen molar-refractivity contribution in [2.24, 2.45) is 5.92 Å². The summed E-state index contributed by atoms with van der Waals surface area (Å²) in [5.74, 6) is -1.26. The Morgan fingerprint density at radius 1 is 1.45 bits per heavy atom. The molecule has 1 aliphatic rings. The quantitative estimate of drug-likeness (QED) is 0.775. The number of benzene rings is 1. The molecule has 0 saturated heterocycles. The lowest BCUT2D eigenvalue weighted by Gasteiger charge is -2.15. The maximum Gasteiger partial charge on any atom is 0.329 e. The minimum atomic E-state index is -1.23. The third-order valence-electron chi connectivity index (χ3n) is 3.29. The van der Waals surface area contributed by atoms with Gasteiger partial charge < -0.3 is 20.5 Å². The number of urea groups is 1. The Hall–Kier alpha value is -1.79. The van der Waals surface area contributed by atoms with E-state index in [2.05, 4.69) is 10.6 Å². The molecule has 20 heavy (non-hydrogen) atoms. The third kappa shape index (κ3) is 3.02. The highest BCUT2D eigenvalue weighted by molar-refractivity contribution is 6.30. The van der Waals surface area contributed by atoms with Gasteiger partial charge in [-0.1, -0.05) is 11.6 Å². The lowest BCUT2D eigenvalue weighted by Crippen LogP contribution is -2.47. The first-order chi connectivity index (χ1) is 9.48. The number of halogens is 1. The number of anilines is 1. The summed E-state index contributed by atoms with van der Waals surface area (Å²) >= 11 is 5.74. The normalized spacial score (nSPS) is 24.0. The predicted molar refractivity (Wildman–Crippen MR) is 74.0 cm³/mol. The van der Waals surface area contributed by atoms with Crippen LogP contribution in [0.1, 0.15) is 6.42 Å². The molecule has 0 radical (unpaired) electrons. The fourth-order valence-corrected chi connectivity index (χ4v) is 2.22. The van der Waals surface area contributed by atoms with Crippen molar-refractivity contribution in [2.45, 2.75) is 12.0 Å². The second-order valence-electron chi connectivity index (χ2n) is 4.72. The molecule has 3 N–H and O–H groups in total. The van der Waals surface area contributed by atoms with E-state index in [9.17, 15) is 14.7 Å². The smallest absolute Gasteiger partial charge is 0.329 e. The largest absolute Gasteiger partial charge is 0.479 e. The van der Waals surface area contributed by atoms with Crippen molar-refractivity contribution in [3.05, 3.63) is 29.3 Å². The fourth-order valence-electron chi connectivity index (χ4n) is 2.10. The molecule has 1 aromatic carbocycles. The maximum atomic E-state index is 11.8. The van der Waals surface area contributed by atoms with Crippen LogP contribution in [0.2, 0.25) is 5.02 Å². The highest BCUT2D eigenvalue weighted by Crippen LogP contribution is 2.43. The number of hydrogen-bond acceptors (Lipinski definition) is 3. The summed E-state index contributed by atoms with van der Waals surface area (Å²) < 4.78 is 4.93. The van der Waals surface area contributed by atoms with Gasteiger partial charge in [0.05, 0.1) is 6.61 Å². The monoisotopic (exact) mass is 298 g/mol. The number of nitrogens with one attached hydrogen (secondary N) is 2. The van der Waals surface area contributed by atoms with Gasteiger partial charge in [0.1, 0.15) is 5.54 Å². The molecule has 0 aliphatic heterocycles. The summed E-state index contributed by atoms with van der Waals surface area (Å²) in [4.78, 5) is 23.1. The Bertz CT molecular complexity index is 520. The first kappa shape index (κ1) is 14.6. The Balaban J connectivity index is 1.97. The van der Waals surface area contributed by atoms with Gasteiger partial charge in [-0.2, -0.15) is 0 Å². The summed E-state index contributed by atoms with van der Waals surface area (Å²) in [6.07, 6.45) is 0.365. The van der Waals surface area contributed by atoms with Crippen LogP contribution in [0.4, 0.5) is 10.5 Å². The van der Waals surface area contributed by atoms with Crippen LogP contribution in [0.5, 0.6) is 0 Å². The highest BCUT2D eigenvalue weighted by Gasteiger charge is 2.61. The number of carbonyl (C=O) groups is 2. The van der Waals surface area contributed by atoms with E-state index >= 15 is 0 Å². The van der Waals surface area contributed by atoms with Gasteiger partial charge in [0.25, 0.3) is 0 Å². The van der Waals surface area contributed by atoms with E-state index in [0.717, 1.165) is 0 Å². The zero-order valence-corrected chi connectivity index (χ0v) is 11.6. The number of hydrogen-bond donors (Lipinski definition) is 3. The third-order valence-corrected chi connectivity index (χ3v) is 3.55. The number of methoxy groups -OCH3 is 1. The number of rotatable bonds is 5. The summed E-state index contributed by atoms with van der Waals surface area (Å²) in [5.41, 5.74) is -0.691. The number of aliphatic carboxylic acids is 1. The minimum absolute atomic E-state index is 0.207. The molecule has 0 heterocycles. The van der Waals surface area contributed by atoms with Gasteiger partial charge in [-0.05, 0) is 30.7 Å². The lowest BCUT2D eigenvalue weighted by atomic mass is 10.2. The number of carbonyl (C=O) groups excluding carboxylic acids is 1. The molecule has 0 bridgehead atoms. The van der Waals surface area contributed by atoms with Crippen LogP contribution in [0.25, 0.3) is 0 Å². The number of carboxylic acids is 1. The van der Waals surface area contributed by atoms with Crippen LogP contribution in [0, 0.1) is 5.92 Å². The van der Waals surface area contributed by atoms with Crippen molar-refractivity contribution in [3.8, 4) is 0 Å². The zero-order chi connectivity index (χ0) is 14.8. The van der Waals surface area contributed by atoms with Crippen molar-refractivity contribution >= 4 is 29.3 Å². The Labute approximate surface area is 121 Å². The summed E-state index contributed by atoms with van der Waals surface area (Å²) in [6.45, 7) is 0.299. The van der Waals surface area contributed by atoms with Gasteiger partial charge in [0.15, 0.2) is 0 Å². The summed E-state index contributed by atoms with van der Waals surface area (Å²) in [7, 11) is 1.50. The molecule has 1 saturated carbocycles. The van der Waals surface area contributed by atoms with Crippen LogP contribution >= 0.6 is 11.6 Å². The van der Waals surface area contributed by atoms with Crippen molar-refractivity contribution in [1.29, 1.82) is 0 Å². The van der Waals surface area contributed by atoms with Gasteiger partial charge >= 0.3 is 12.0 Å². The van der Waals surface area contributed by atoms with Gasteiger partial charge in [0.2, 0.25) is 0 Å². The van der Waals surface area contributed by atoms with E-state index in [1.54, 1.807) is 24.3 Å². The van der Waals surface area contributed by atoms with Gasteiger partial charge in [-0.3, -0.25) is 0 Å². The van der Waals surface area contributed by atoms with Crippen molar-refractivity contribution in [1.82, 2.24) is 5.32 Å². The molecule has 108 valence electrons. The van der Waals surface area contributed by atoms with Crippen molar-refractivity contribution in [2.75, 3.05) is 19.0 Å². The molecule has 1 aliphatic carbocycles. The van der Waals surface area contributed by atoms with Crippen molar-refractivity contribution < 1.29 is 19.4 Å². The zero-order valence-electron chi connectivity index (χ0n) is 10.9. The maximum absolute atomic E-state index is 11.8. The van der Waals surface area contributed by atoms with E-state index in [4.69, 9.17) is 16.3 Å². The molecule has 2 rings (SSSR count). The molecular formula is C13H15ClN2O4. The molecular weight excluding hydrogens is 284 g/mol. The molecule has 2 unspecified atom stereocenters. The Morgan fingerprint density at radius 3 is 2.65 bits per heavy atom.